The van der Waals surface area contributed by atoms with Crippen LogP contribution in [0.1, 0.15) is 6.92 Å². The number of rotatable bonds is 2. The lowest BCUT2D eigenvalue weighted by molar-refractivity contribution is 0.383. The van der Waals surface area contributed by atoms with Crippen molar-refractivity contribution in [3.63, 3.8) is 0 Å². The van der Waals surface area contributed by atoms with Crippen molar-refractivity contribution in [3.8, 4) is 0 Å². The lowest BCUT2D eigenvalue weighted by Gasteiger charge is -2.04. The van der Waals surface area contributed by atoms with Gasteiger partial charge in [0.1, 0.15) is 0 Å². The van der Waals surface area contributed by atoms with Gasteiger partial charge in [0.2, 0.25) is 0 Å². The maximum absolute atomic E-state index is 10.3. The van der Waals surface area contributed by atoms with Gasteiger partial charge in [-0.1, -0.05) is 13.2 Å². The average Bonchev–Trinajstić information content (AvgIpc) is 1.62. The Morgan fingerprint density at radius 2 is 1.78 bits per heavy atom. The number of hydrogen-bond donors (Lipinski definition) is 2. The zero-order valence-electron chi connectivity index (χ0n) is 5.16. The fraction of sp³-hybridized carbons (Fsp3) is 0.200. The summed E-state index contributed by atoms with van der Waals surface area (Å²) in [5, 5.41) is -0.192. The Bertz CT molecular complexity index is 188. The van der Waals surface area contributed by atoms with Gasteiger partial charge in [0.05, 0.1) is 5.31 Å². The van der Waals surface area contributed by atoms with Crippen molar-refractivity contribution in [3.05, 3.63) is 24.0 Å². The van der Waals surface area contributed by atoms with E-state index in [1.165, 1.54) is 6.92 Å². The number of hydrogen-bond acceptors (Lipinski definition) is 1. The average molecular weight is 148 g/mol. The molecule has 0 unspecified atom stereocenters. The zero-order chi connectivity index (χ0) is 7.65. The number of allylic oxidation sites excluding steroid dienone is 2. The van der Waals surface area contributed by atoms with E-state index in [2.05, 4.69) is 13.2 Å². The minimum Gasteiger partial charge on any atom is -0.321 e. The van der Waals surface area contributed by atoms with Crippen LogP contribution >= 0.6 is 7.60 Å². The second-order valence-corrected chi connectivity index (χ2v) is 3.40. The second-order valence-electron chi connectivity index (χ2n) is 1.77. The van der Waals surface area contributed by atoms with Crippen molar-refractivity contribution in [1.82, 2.24) is 0 Å². The topological polar surface area (TPSA) is 57.5 Å². The maximum atomic E-state index is 10.3. The Kier molecular flexibility index (Phi) is 2.38. The van der Waals surface area contributed by atoms with E-state index < -0.39 is 7.60 Å². The van der Waals surface area contributed by atoms with E-state index in [9.17, 15) is 4.57 Å². The zero-order valence-corrected chi connectivity index (χ0v) is 6.06. The van der Waals surface area contributed by atoms with Gasteiger partial charge in [-0.3, -0.25) is 4.57 Å². The van der Waals surface area contributed by atoms with E-state index in [-0.39, 0.29) is 5.31 Å². The molecule has 0 aromatic carbocycles. The van der Waals surface area contributed by atoms with Crippen molar-refractivity contribution in [1.29, 1.82) is 0 Å². The van der Waals surface area contributed by atoms with Crippen LogP contribution < -0.4 is 0 Å². The molecule has 4 heteroatoms. The largest absolute Gasteiger partial charge is 0.355 e. The molecule has 52 valence electrons. The van der Waals surface area contributed by atoms with Crippen LogP contribution in [0.5, 0.6) is 0 Å². The highest BCUT2D eigenvalue weighted by Crippen LogP contribution is 2.46. The van der Waals surface area contributed by atoms with Crippen molar-refractivity contribution >= 4 is 7.60 Å². The highest BCUT2D eigenvalue weighted by Gasteiger charge is 2.17. The van der Waals surface area contributed by atoms with Gasteiger partial charge in [-0.25, -0.2) is 0 Å². The summed E-state index contributed by atoms with van der Waals surface area (Å²) in [5.74, 6) is 0. The second kappa shape index (κ2) is 2.48. The van der Waals surface area contributed by atoms with Gasteiger partial charge in [-0.2, -0.15) is 0 Å². The van der Waals surface area contributed by atoms with Crippen LogP contribution in [-0.2, 0) is 4.57 Å². The quantitative estimate of drug-likeness (QED) is 0.457. The van der Waals surface area contributed by atoms with Crippen LogP contribution in [0.4, 0.5) is 0 Å². The van der Waals surface area contributed by atoms with Gasteiger partial charge >= 0.3 is 7.60 Å². The molecular formula is C5H9O3P. The molecule has 0 atom stereocenters. The molecule has 0 aromatic heterocycles. The Hall–Kier alpha value is -0.370. The lowest BCUT2D eigenvalue weighted by atomic mass is 10.3. The van der Waals surface area contributed by atoms with Crippen LogP contribution in [0.25, 0.3) is 0 Å². The predicted molar refractivity (Wildman–Crippen MR) is 36.0 cm³/mol. The lowest BCUT2D eigenvalue weighted by Crippen LogP contribution is -1.83. The SMILES string of the molecule is C=C(C)C(=C)P(=O)(O)O. The Morgan fingerprint density at radius 1 is 1.44 bits per heavy atom. The minimum atomic E-state index is -4.11. The summed E-state index contributed by atoms with van der Waals surface area (Å²) in [6, 6.07) is 0. The molecule has 0 saturated carbocycles. The summed E-state index contributed by atoms with van der Waals surface area (Å²) in [7, 11) is -4.11. The highest BCUT2D eigenvalue weighted by atomic mass is 31.2. The molecule has 0 aliphatic rings. The predicted octanol–water partition coefficient (Wildman–Crippen LogP) is 1.25. The van der Waals surface area contributed by atoms with Gasteiger partial charge in [-0.15, -0.1) is 0 Å². The minimum absolute atomic E-state index is 0.192. The molecule has 0 saturated heterocycles. The molecule has 0 fully saturated rings. The molecule has 0 aliphatic carbocycles. The monoisotopic (exact) mass is 148 g/mol. The molecule has 0 rings (SSSR count). The van der Waals surface area contributed by atoms with Gasteiger partial charge in [0, 0.05) is 0 Å². The summed E-state index contributed by atoms with van der Waals surface area (Å²) in [5.41, 5.74) is 0.323. The summed E-state index contributed by atoms with van der Waals surface area (Å²) < 4.78 is 10.3. The Labute approximate surface area is 53.9 Å². The van der Waals surface area contributed by atoms with Crippen molar-refractivity contribution in [2.45, 2.75) is 6.92 Å². The first-order valence-corrected chi connectivity index (χ1v) is 3.88. The summed E-state index contributed by atoms with van der Waals surface area (Å²) in [4.78, 5) is 16.8. The summed E-state index contributed by atoms with van der Waals surface area (Å²) in [6.07, 6.45) is 0. The van der Waals surface area contributed by atoms with Crippen molar-refractivity contribution < 1.29 is 14.4 Å². The fourth-order valence-corrected chi connectivity index (χ4v) is 0.746. The highest BCUT2D eigenvalue weighted by molar-refractivity contribution is 7.56. The summed E-state index contributed by atoms with van der Waals surface area (Å²) in [6.45, 7) is 7.99. The molecule has 0 spiro atoms. The van der Waals surface area contributed by atoms with E-state index in [0.717, 1.165) is 0 Å². The molecule has 0 radical (unpaired) electrons. The molecule has 0 amide bonds. The summed E-state index contributed by atoms with van der Waals surface area (Å²) >= 11 is 0. The van der Waals surface area contributed by atoms with E-state index in [1.807, 2.05) is 0 Å². The molecule has 0 heterocycles. The first-order chi connectivity index (χ1) is 3.85. The Morgan fingerprint density at radius 3 is 1.78 bits per heavy atom. The van der Waals surface area contributed by atoms with Gasteiger partial charge < -0.3 is 9.79 Å². The fourth-order valence-electron chi connectivity index (χ4n) is 0.249. The van der Waals surface area contributed by atoms with E-state index >= 15 is 0 Å². The van der Waals surface area contributed by atoms with Crippen molar-refractivity contribution in [2.24, 2.45) is 0 Å². The molecule has 0 aromatic rings. The van der Waals surface area contributed by atoms with Crippen LogP contribution in [0.2, 0.25) is 0 Å². The third-order valence-corrected chi connectivity index (χ3v) is 1.93. The van der Waals surface area contributed by atoms with Crippen LogP contribution in [0.3, 0.4) is 0 Å². The van der Waals surface area contributed by atoms with Crippen molar-refractivity contribution in [2.75, 3.05) is 0 Å². The standard InChI is InChI=1S/C5H9O3P/c1-4(2)5(3)9(6,7)8/h1,3H2,2H3,(H2,6,7,8). The van der Waals surface area contributed by atoms with E-state index in [4.69, 9.17) is 9.79 Å². The van der Waals surface area contributed by atoms with Gasteiger partial charge in [0.15, 0.2) is 0 Å². The van der Waals surface area contributed by atoms with Gasteiger partial charge in [-0.05, 0) is 12.5 Å². The normalized spacial score (nSPS) is 11.0. The molecule has 2 N–H and O–H groups in total. The molecule has 3 nitrogen and oxygen atoms in total. The molecule has 0 bridgehead atoms. The molecule has 9 heavy (non-hydrogen) atoms. The molecular weight excluding hydrogens is 139 g/mol. The Balaban J connectivity index is 4.43. The van der Waals surface area contributed by atoms with Crippen LogP contribution in [-0.4, -0.2) is 9.79 Å². The van der Waals surface area contributed by atoms with Gasteiger partial charge in [0.25, 0.3) is 0 Å². The third-order valence-electron chi connectivity index (χ3n) is 0.844. The molecule has 0 aliphatic heterocycles. The first kappa shape index (κ1) is 8.63. The first-order valence-electron chi connectivity index (χ1n) is 2.26. The van der Waals surface area contributed by atoms with E-state index in [0.29, 0.717) is 5.57 Å². The smallest absolute Gasteiger partial charge is 0.321 e. The van der Waals surface area contributed by atoms with Crippen LogP contribution in [0, 0.1) is 0 Å². The third kappa shape index (κ3) is 2.61. The van der Waals surface area contributed by atoms with E-state index in [1.54, 1.807) is 0 Å². The van der Waals surface area contributed by atoms with Crippen LogP contribution in [0.15, 0.2) is 24.0 Å². The maximum Gasteiger partial charge on any atom is 0.355 e.